The van der Waals surface area contributed by atoms with Crippen molar-refractivity contribution in [3.63, 3.8) is 0 Å². The fourth-order valence-electron chi connectivity index (χ4n) is 1.79. The molecule has 0 aliphatic carbocycles. The van der Waals surface area contributed by atoms with E-state index in [1.54, 1.807) is 6.07 Å². The van der Waals surface area contributed by atoms with E-state index in [9.17, 15) is 20.0 Å². The number of benzene rings is 2. The molecule has 136 valence electrons. The van der Waals surface area contributed by atoms with Gasteiger partial charge in [0, 0.05) is 17.2 Å². The molecule has 0 spiro atoms. The molecular weight excluding hydrogens is 405 g/mol. The molecule has 1 amide bonds. The highest BCUT2D eigenvalue weighted by Crippen LogP contribution is 2.28. The zero-order valence-electron chi connectivity index (χ0n) is 12.9. The van der Waals surface area contributed by atoms with Gasteiger partial charge in [-0.2, -0.15) is 0 Å². The van der Waals surface area contributed by atoms with E-state index in [1.165, 1.54) is 12.1 Å². The van der Waals surface area contributed by atoms with Crippen molar-refractivity contribution in [1.29, 1.82) is 0 Å². The van der Waals surface area contributed by atoms with Crippen LogP contribution in [0.3, 0.4) is 0 Å². The van der Waals surface area contributed by atoms with Crippen molar-refractivity contribution < 1.29 is 19.6 Å². The van der Waals surface area contributed by atoms with Gasteiger partial charge in [-0.1, -0.05) is 23.2 Å². The van der Waals surface area contributed by atoms with Crippen LogP contribution in [0.15, 0.2) is 36.4 Å². The molecule has 0 aromatic heterocycles. The van der Waals surface area contributed by atoms with Crippen LogP contribution < -0.4 is 15.4 Å². The van der Waals surface area contributed by atoms with Gasteiger partial charge in [0.25, 0.3) is 11.6 Å². The number of carbonyl (C=O) groups is 1. The Morgan fingerprint density at radius 2 is 2.00 bits per heavy atom. The van der Waals surface area contributed by atoms with Crippen LogP contribution in [0.4, 0.5) is 11.4 Å². The quantitative estimate of drug-likeness (QED) is 0.296. The van der Waals surface area contributed by atoms with Crippen LogP contribution in [-0.4, -0.2) is 27.7 Å². The number of nitrogens with zero attached hydrogens (tertiary/aromatic N) is 1. The van der Waals surface area contributed by atoms with Gasteiger partial charge in [-0.25, -0.2) is 0 Å². The number of phenolic OH excluding ortho intramolecular Hbond substituents is 1. The molecule has 0 saturated heterocycles. The Balaban J connectivity index is 1.92. The minimum Gasteiger partial charge on any atom is -0.506 e. The van der Waals surface area contributed by atoms with Gasteiger partial charge in [-0.3, -0.25) is 20.2 Å². The van der Waals surface area contributed by atoms with E-state index in [0.29, 0.717) is 5.02 Å². The van der Waals surface area contributed by atoms with Crippen molar-refractivity contribution in [2.45, 2.75) is 0 Å². The lowest BCUT2D eigenvalue weighted by Gasteiger charge is -2.12. The molecule has 0 unspecified atom stereocenters. The van der Waals surface area contributed by atoms with Crippen molar-refractivity contribution in [2.24, 2.45) is 0 Å². The summed E-state index contributed by atoms with van der Waals surface area (Å²) in [6.45, 7) is -0.385. The maximum Gasteiger partial charge on any atom is 0.271 e. The first-order valence-corrected chi connectivity index (χ1v) is 8.09. The number of nitro benzene ring substituents is 1. The number of nitrogens with one attached hydrogen (secondary N) is 2. The highest BCUT2D eigenvalue weighted by molar-refractivity contribution is 7.80. The fourth-order valence-corrected chi connectivity index (χ4v) is 2.48. The monoisotopic (exact) mass is 415 g/mol. The Bertz CT molecular complexity index is 878. The van der Waals surface area contributed by atoms with Gasteiger partial charge in [0.2, 0.25) is 0 Å². The number of thiocarbonyl (C=S) groups is 1. The van der Waals surface area contributed by atoms with Crippen LogP contribution >= 0.6 is 35.4 Å². The number of carbonyl (C=O) groups excluding carboxylic acids is 1. The number of anilines is 1. The second-order valence-electron chi connectivity index (χ2n) is 4.82. The lowest BCUT2D eigenvalue weighted by atomic mass is 10.2. The third-order valence-corrected chi connectivity index (χ3v) is 3.68. The van der Waals surface area contributed by atoms with Crippen LogP contribution in [0, 0.1) is 10.1 Å². The molecule has 11 heteroatoms. The largest absolute Gasteiger partial charge is 0.506 e. The molecule has 3 N–H and O–H groups in total. The predicted molar refractivity (Wildman–Crippen MR) is 101 cm³/mol. The molecule has 8 nitrogen and oxygen atoms in total. The molecular formula is C15H11Cl2N3O5S. The molecule has 0 aliphatic rings. The predicted octanol–water partition coefficient (Wildman–Crippen LogP) is 3.50. The van der Waals surface area contributed by atoms with Gasteiger partial charge in [0.05, 0.1) is 15.6 Å². The van der Waals surface area contributed by atoms with Crippen molar-refractivity contribution in [1.82, 2.24) is 5.32 Å². The van der Waals surface area contributed by atoms with Crippen LogP contribution in [0.25, 0.3) is 0 Å². The van der Waals surface area contributed by atoms with Gasteiger partial charge in [-0.05, 0) is 36.5 Å². The standard InChI is InChI=1S/C15H11Cl2N3O5S/c16-8-1-4-13(10(17)5-8)25-7-14(22)19-15(26)18-11-6-9(20(23)24)2-3-12(11)21/h1-6,21H,7H2,(H2,18,19,22,26). The second-order valence-corrected chi connectivity index (χ2v) is 6.08. The summed E-state index contributed by atoms with van der Waals surface area (Å²) in [7, 11) is 0. The van der Waals surface area contributed by atoms with Gasteiger partial charge in [0.15, 0.2) is 11.7 Å². The number of ether oxygens (including phenoxy) is 1. The summed E-state index contributed by atoms with van der Waals surface area (Å²) in [5.41, 5.74) is -0.272. The van der Waals surface area contributed by atoms with Crippen molar-refractivity contribution >= 4 is 57.8 Å². The maximum absolute atomic E-state index is 11.9. The Labute approximate surface area is 162 Å². The Kier molecular flexibility index (Phi) is 6.56. The Morgan fingerprint density at radius 1 is 1.27 bits per heavy atom. The minimum atomic E-state index is -0.629. The van der Waals surface area contributed by atoms with E-state index in [2.05, 4.69) is 10.6 Å². The summed E-state index contributed by atoms with van der Waals surface area (Å²) < 4.78 is 5.25. The van der Waals surface area contributed by atoms with E-state index >= 15 is 0 Å². The summed E-state index contributed by atoms with van der Waals surface area (Å²) >= 11 is 16.6. The van der Waals surface area contributed by atoms with Gasteiger partial charge >= 0.3 is 0 Å². The first kappa shape index (κ1) is 19.7. The van der Waals surface area contributed by atoms with Gasteiger partial charge < -0.3 is 15.2 Å². The lowest BCUT2D eigenvalue weighted by molar-refractivity contribution is -0.384. The number of phenols is 1. The molecule has 26 heavy (non-hydrogen) atoms. The molecule has 0 atom stereocenters. The third kappa shape index (κ3) is 5.45. The van der Waals surface area contributed by atoms with Crippen LogP contribution in [0.5, 0.6) is 11.5 Å². The Morgan fingerprint density at radius 3 is 2.65 bits per heavy atom. The van der Waals surface area contributed by atoms with Crippen molar-refractivity contribution in [3.8, 4) is 11.5 Å². The molecule has 0 radical (unpaired) electrons. The first-order valence-electron chi connectivity index (χ1n) is 6.92. The number of nitro groups is 1. The van der Waals surface area contributed by atoms with E-state index in [0.717, 1.165) is 18.2 Å². The highest BCUT2D eigenvalue weighted by Gasteiger charge is 2.13. The van der Waals surface area contributed by atoms with Crippen LogP contribution in [0.2, 0.25) is 10.0 Å². The molecule has 2 aromatic rings. The van der Waals surface area contributed by atoms with Gasteiger partial charge in [-0.15, -0.1) is 0 Å². The molecule has 0 heterocycles. The minimum absolute atomic E-state index is 0.0221. The number of rotatable bonds is 5. The topological polar surface area (TPSA) is 114 Å². The van der Waals surface area contributed by atoms with Crippen LogP contribution in [-0.2, 0) is 4.79 Å². The van der Waals surface area contributed by atoms with E-state index in [1.807, 2.05) is 0 Å². The summed E-state index contributed by atoms with van der Waals surface area (Å²) in [5.74, 6) is -0.601. The molecule has 2 rings (SSSR count). The van der Waals surface area contributed by atoms with E-state index < -0.39 is 10.8 Å². The third-order valence-electron chi connectivity index (χ3n) is 2.94. The number of amides is 1. The molecule has 0 saturated carbocycles. The number of halogens is 2. The first-order chi connectivity index (χ1) is 12.3. The number of aromatic hydroxyl groups is 1. The molecule has 2 aromatic carbocycles. The lowest BCUT2D eigenvalue weighted by Crippen LogP contribution is -2.37. The van der Waals surface area contributed by atoms with Crippen molar-refractivity contribution in [3.05, 3.63) is 56.6 Å². The van der Waals surface area contributed by atoms with E-state index in [4.69, 9.17) is 40.2 Å². The molecule has 0 bridgehead atoms. The van der Waals surface area contributed by atoms with Gasteiger partial charge in [0.1, 0.15) is 11.5 Å². The molecule has 0 aliphatic heterocycles. The SMILES string of the molecule is O=C(COc1ccc(Cl)cc1Cl)NC(=S)Nc1cc([N+](=O)[O-])ccc1O. The number of hydrogen-bond donors (Lipinski definition) is 3. The summed E-state index contributed by atoms with van der Waals surface area (Å²) in [4.78, 5) is 22.0. The normalized spacial score (nSPS) is 10.1. The summed E-state index contributed by atoms with van der Waals surface area (Å²) in [6.07, 6.45) is 0. The zero-order chi connectivity index (χ0) is 19.3. The smallest absolute Gasteiger partial charge is 0.271 e. The van der Waals surface area contributed by atoms with E-state index in [-0.39, 0.29) is 39.6 Å². The average molecular weight is 416 g/mol. The fraction of sp³-hybridized carbons (Fsp3) is 0.0667. The Hall–Kier alpha value is -2.62. The van der Waals surface area contributed by atoms with Crippen LogP contribution in [0.1, 0.15) is 0 Å². The highest BCUT2D eigenvalue weighted by atomic mass is 35.5. The number of non-ortho nitro benzene ring substituents is 1. The summed E-state index contributed by atoms with van der Waals surface area (Å²) in [6, 6.07) is 7.88. The number of hydrogen-bond acceptors (Lipinski definition) is 6. The molecule has 0 fully saturated rings. The summed E-state index contributed by atoms with van der Waals surface area (Å²) in [5, 5.41) is 25.8. The second kappa shape index (κ2) is 8.65. The maximum atomic E-state index is 11.9. The van der Waals surface area contributed by atoms with Crippen molar-refractivity contribution in [2.75, 3.05) is 11.9 Å². The zero-order valence-corrected chi connectivity index (χ0v) is 15.2. The average Bonchev–Trinajstić information content (AvgIpc) is 2.55.